The number of nitrogens with two attached hydrogens (primary N) is 1. The Bertz CT molecular complexity index is 572. The lowest BCUT2D eigenvalue weighted by Gasteiger charge is -2.22. The standard InChI is InChI=1S/C11H18N4O6/c12-13-2-4-20-9-8(18)6(5-16)21-10(9)15-3-1-7(17)14-11(15)19/h1,3,6,8-10,13,16,18H,2,4-5,12H2,(H,14,17,19)/t6-,8-,9-,10-/m1/s1. The lowest BCUT2D eigenvalue weighted by molar-refractivity contribution is -0.0735. The first-order valence-corrected chi connectivity index (χ1v) is 6.39. The van der Waals surface area contributed by atoms with E-state index in [-0.39, 0.29) is 6.61 Å². The SMILES string of the molecule is NNCCO[C@@H]1[C@H](O)[C@@H](CO)O[C@H]1n1ccc(=O)[nH]c1=O. The van der Waals surface area contributed by atoms with E-state index < -0.39 is 42.4 Å². The molecule has 10 heteroatoms. The van der Waals surface area contributed by atoms with Gasteiger partial charge in [0.15, 0.2) is 6.23 Å². The van der Waals surface area contributed by atoms with Gasteiger partial charge >= 0.3 is 5.69 Å². The minimum absolute atomic E-state index is 0.175. The van der Waals surface area contributed by atoms with Gasteiger partial charge in [-0.3, -0.25) is 25.6 Å². The van der Waals surface area contributed by atoms with Crippen molar-refractivity contribution in [3.8, 4) is 0 Å². The number of hydrogen-bond donors (Lipinski definition) is 5. The number of ether oxygens (including phenoxy) is 2. The number of H-pyrrole nitrogens is 1. The van der Waals surface area contributed by atoms with Gasteiger partial charge in [-0.25, -0.2) is 4.79 Å². The van der Waals surface area contributed by atoms with Crippen molar-refractivity contribution in [2.24, 2.45) is 5.84 Å². The Labute approximate surface area is 119 Å². The number of hydrazine groups is 1. The van der Waals surface area contributed by atoms with Crippen molar-refractivity contribution in [1.82, 2.24) is 15.0 Å². The van der Waals surface area contributed by atoms with Crippen LogP contribution in [0.15, 0.2) is 21.9 Å². The fraction of sp³-hybridized carbons (Fsp3) is 0.636. The zero-order valence-corrected chi connectivity index (χ0v) is 11.1. The molecule has 0 aromatic carbocycles. The molecule has 1 fully saturated rings. The molecule has 2 rings (SSSR count). The molecular weight excluding hydrogens is 284 g/mol. The monoisotopic (exact) mass is 302 g/mol. The maximum atomic E-state index is 11.8. The molecule has 1 aromatic heterocycles. The van der Waals surface area contributed by atoms with Crippen molar-refractivity contribution >= 4 is 0 Å². The first-order valence-electron chi connectivity index (χ1n) is 6.39. The van der Waals surface area contributed by atoms with Crippen LogP contribution in [0.25, 0.3) is 0 Å². The fourth-order valence-electron chi connectivity index (χ4n) is 2.15. The average Bonchev–Trinajstić information content (AvgIpc) is 2.76. The lowest BCUT2D eigenvalue weighted by Crippen LogP contribution is -2.40. The Kier molecular flexibility index (Phi) is 5.22. The molecule has 0 spiro atoms. The molecule has 0 amide bonds. The smallest absolute Gasteiger partial charge is 0.330 e. The summed E-state index contributed by atoms with van der Waals surface area (Å²) in [6, 6.07) is 1.15. The summed E-state index contributed by atoms with van der Waals surface area (Å²) in [5, 5.41) is 19.3. The Morgan fingerprint density at radius 2 is 2.29 bits per heavy atom. The number of aliphatic hydroxyl groups is 2. The highest BCUT2D eigenvalue weighted by Crippen LogP contribution is 2.30. The number of nitrogens with zero attached hydrogens (tertiary/aromatic N) is 1. The van der Waals surface area contributed by atoms with Crippen molar-refractivity contribution in [3.63, 3.8) is 0 Å². The molecule has 10 nitrogen and oxygen atoms in total. The third kappa shape index (κ3) is 3.37. The van der Waals surface area contributed by atoms with Gasteiger partial charge in [0, 0.05) is 18.8 Å². The number of hydrogen-bond acceptors (Lipinski definition) is 8. The van der Waals surface area contributed by atoms with E-state index in [1.807, 2.05) is 0 Å². The summed E-state index contributed by atoms with van der Waals surface area (Å²) in [5.74, 6) is 5.13. The Morgan fingerprint density at radius 1 is 1.52 bits per heavy atom. The molecule has 0 unspecified atom stereocenters. The third-order valence-electron chi connectivity index (χ3n) is 3.17. The van der Waals surface area contributed by atoms with Crippen molar-refractivity contribution in [2.45, 2.75) is 24.5 Å². The molecule has 118 valence electrons. The van der Waals surface area contributed by atoms with Crippen molar-refractivity contribution < 1.29 is 19.7 Å². The van der Waals surface area contributed by atoms with Crippen molar-refractivity contribution in [2.75, 3.05) is 19.8 Å². The van der Waals surface area contributed by atoms with Gasteiger partial charge in [-0.2, -0.15) is 0 Å². The van der Waals surface area contributed by atoms with Crippen LogP contribution in [0.4, 0.5) is 0 Å². The Morgan fingerprint density at radius 3 is 2.90 bits per heavy atom. The van der Waals surface area contributed by atoms with Crippen LogP contribution in [0.3, 0.4) is 0 Å². The maximum Gasteiger partial charge on any atom is 0.330 e. The number of nitrogens with one attached hydrogen (secondary N) is 2. The van der Waals surface area contributed by atoms with E-state index in [0.717, 1.165) is 10.6 Å². The molecule has 0 saturated carbocycles. The van der Waals surface area contributed by atoms with Crippen LogP contribution in [-0.2, 0) is 9.47 Å². The molecule has 1 saturated heterocycles. The molecule has 0 bridgehead atoms. The predicted octanol–water partition coefficient (Wildman–Crippen LogP) is -3.36. The molecule has 1 aromatic rings. The number of aromatic amines is 1. The maximum absolute atomic E-state index is 11.8. The molecule has 0 radical (unpaired) electrons. The first-order chi connectivity index (χ1) is 10.1. The molecular formula is C11H18N4O6. The van der Waals surface area contributed by atoms with Gasteiger partial charge in [0.2, 0.25) is 0 Å². The van der Waals surface area contributed by atoms with E-state index in [1.54, 1.807) is 0 Å². The quantitative estimate of drug-likeness (QED) is 0.207. The number of aliphatic hydroxyl groups excluding tert-OH is 2. The molecule has 21 heavy (non-hydrogen) atoms. The zero-order valence-electron chi connectivity index (χ0n) is 11.1. The van der Waals surface area contributed by atoms with Gasteiger partial charge in [0.05, 0.1) is 13.2 Å². The lowest BCUT2D eigenvalue weighted by atomic mass is 10.1. The Balaban J connectivity index is 2.25. The summed E-state index contributed by atoms with van der Waals surface area (Å²) in [7, 11) is 0. The second kappa shape index (κ2) is 6.93. The predicted molar refractivity (Wildman–Crippen MR) is 70.3 cm³/mol. The highest BCUT2D eigenvalue weighted by molar-refractivity contribution is 4.93. The number of aromatic nitrogens is 2. The van der Waals surface area contributed by atoms with Gasteiger partial charge in [0.1, 0.15) is 18.3 Å². The van der Waals surface area contributed by atoms with Crippen LogP contribution < -0.4 is 22.5 Å². The van der Waals surface area contributed by atoms with E-state index in [9.17, 15) is 19.8 Å². The van der Waals surface area contributed by atoms with E-state index in [2.05, 4.69) is 10.4 Å². The summed E-state index contributed by atoms with van der Waals surface area (Å²) >= 11 is 0. The van der Waals surface area contributed by atoms with E-state index in [1.165, 1.54) is 6.20 Å². The molecule has 1 aliphatic heterocycles. The Hall–Kier alpha value is -1.56. The van der Waals surface area contributed by atoms with Crippen molar-refractivity contribution in [1.29, 1.82) is 0 Å². The summed E-state index contributed by atoms with van der Waals surface area (Å²) < 4.78 is 12.0. The van der Waals surface area contributed by atoms with Gasteiger partial charge in [0.25, 0.3) is 5.56 Å². The van der Waals surface area contributed by atoms with E-state index >= 15 is 0 Å². The van der Waals surface area contributed by atoms with Crippen LogP contribution in [0, 0.1) is 0 Å². The van der Waals surface area contributed by atoms with Gasteiger partial charge in [-0.1, -0.05) is 0 Å². The topological polar surface area (TPSA) is 152 Å². The van der Waals surface area contributed by atoms with Gasteiger partial charge in [-0.15, -0.1) is 0 Å². The molecule has 0 aliphatic carbocycles. The average molecular weight is 302 g/mol. The van der Waals surface area contributed by atoms with Crippen LogP contribution in [0.5, 0.6) is 0 Å². The van der Waals surface area contributed by atoms with Crippen LogP contribution >= 0.6 is 0 Å². The second-order valence-corrected chi connectivity index (χ2v) is 4.55. The van der Waals surface area contributed by atoms with Crippen LogP contribution in [0.2, 0.25) is 0 Å². The van der Waals surface area contributed by atoms with Crippen LogP contribution in [-0.4, -0.2) is 57.8 Å². The third-order valence-corrected chi connectivity index (χ3v) is 3.17. The minimum atomic E-state index is -1.11. The van der Waals surface area contributed by atoms with E-state index in [4.69, 9.17) is 15.3 Å². The van der Waals surface area contributed by atoms with Gasteiger partial charge < -0.3 is 19.7 Å². The van der Waals surface area contributed by atoms with E-state index in [0.29, 0.717) is 6.54 Å². The van der Waals surface area contributed by atoms with Gasteiger partial charge in [-0.05, 0) is 0 Å². The highest BCUT2D eigenvalue weighted by Gasteiger charge is 2.45. The highest BCUT2D eigenvalue weighted by atomic mass is 16.6. The molecule has 1 aliphatic rings. The summed E-state index contributed by atoms with van der Waals surface area (Å²) in [5.41, 5.74) is 1.16. The molecule has 2 heterocycles. The normalized spacial score (nSPS) is 28.9. The number of rotatable bonds is 6. The fourth-order valence-corrected chi connectivity index (χ4v) is 2.15. The second-order valence-electron chi connectivity index (χ2n) is 4.55. The zero-order chi connectivity index (χ0) is 15.4. The van der Waals surface area contributed by atoms with Crippen molar-refractivity contribution in [3.05, 3.63) is 33.1 Å². The summed E-state index contributed by atoms with van der Waals surface area (Å²) in [6.45, 7) is 0.0827. The molecule has 4 atom stereocenters. The summed E-state index contributed by atoms with van der Waals surface area (Å²) in [4.78, 5) is 25.0. The van der Waals surface area contributed by atoms with Crippen LogP contribution in [0.1, 0.15) is 6.23 Å². The summed E-state index contributed by atoms with van der Waals surface area (Å²) in [6.07, 6.45) is -2.59. The largest absolute Gasteiger partial charge is 0.394 e. The first kappa shape index (κ1) is 15.8. The molecule has 6 N–H and O–H groups in total. The minimum Gasteiger partial charge on any atom is -0.394 e.